The van der Waals surface area contributed by atoms with Gasteiger partial charge in [-0.05, 0) is 24.6 Å². The number of sulfonamides is 1. The highest BCUT2D eigenvalue weighted by Gasteiger charge is 2.36. The van der Waals surface area contributed by atoms with E-state index < -0.39 is 26.7 Å². The van der Waals surface area contributed by atoms with Crippen LogP contribution in [0.1, 0.15) is 12.0 Å². The first kappa shape index (κ1) is 15.6. The molecule has 1 heterocycles. The van der Waals surface area contributed by atoms with E-state index in [1.807, 2.05) is 0 Å². The Morgan fingerprint density at radius 1 is 1.35 bits per heavy atom. The minimum atomic E-state index is -4.63. The van der Waals surface area contributed by atoms with E-state index in [9.17, 15) is 21.6 Å². The van der Waals surface area contributed by atoms with E-state index in [1.54, 1.807) is 0 Å². The first-order chi connectivity index (χ1) is 9.12. The Morgan fingerprint density at radius 3 is 2.50 bits per heavy atom. The number of benzene rings is 1. The molecule has 2 N–H and O–H groups in total. The number of rotatable bonds is 2. The summed E-state index contributed by atoms with van der Waals surface area (Å²) in [5.41, 5.74) is 4.57. The summed E-state index contributed by atoms with van der Waals surface area (Å²) in [5, 5.41) is -0.238. The van der Waals surface area contributed by atoms with E-state index in [2.05, 4.69) is 0 Å². The summed E-state index contributed by atoms with van der Waals surface area (Å²) in [6.07, 6.45) is -4.16. The first-order valence-corrected chi connectivity index (χ1v) is 7.56. The number of nitrogens with two attached hydrogens (primary N) is 1. The van der Waals surface area contributed by atoms with Crippen LogP contribution in [-0.4, -0.2) is 31.9 Å². The fourth-order valence-corrected chi connectivity index (χ4v) is 4.00. The molecule has 0 bridgehead atoms. The van der Waals surface area contributed by atoms with Gasteiger partial charge in [0.1, 0.15) is 4.90 Å². The summed E-state index contributed by atoms with van der Waals surface area (Å²) >= 11 is 5.74. The molecule has 0 aromatic heterocycles. The Bertz CT molecular complexity index is 619. The molecule has 1 fully saturated rings. The third-order valence-electron chi connectivity index (χ3n) is 3.06. The molecule has 4 nitrogen and oxygen atoms in total. The fourth-order valence-electron chi connectivity index (χ4n) is 1.99. The van der Waals surface area contributed by atoms with Crippen molar-refractivity contribution in [1.82, 2.24) is 4.31 Å². The van der Waals surface area contributed by atoms with E-state index in [-0.39, 0.29) is 24.2 Å². The molecule has 20 heavy (non-hydrogen) atoms. The molecule has 9 heteroatoms. The monoisotopic (exact) mass is 328 g/mol. The van der Waals surface area contributed by atoms with Crippen LogP contribution in [0.3, 0.4) is 0 Å². The van der Waals surface area contributed by atoms with Gasteiger partial charge in [0.25, 0.3) is 0 Å². The van der Waals surface area contributed by atoms with Gasteiger partial charge in [-0.15, -0.1) is 0 Å². The van der Waals surface area contributed by atoms with Crippen molar-refractivity contribution in [3.63, 3.8) is 0 Å². The van der Waals surface area contributed by atoms with Crippen molar-refractivity contribution in [1.29, 1.82) is 0 Å². The summed E-state index contributed by atoms with van der Waals surface area (Å²) in [6, 6.07) is 1.93. The molecule has 2 rings (SSSR count). The van der Waals surface area contributed by atoms with Crippen LogP contribution in [0.5, 0.6) is 0 Å². The van der Waals surface area contributed by atoms with Crippen LogP contribution in [0.15, 0.2) is 23.1 Å². The molecule has 0 saturated carbocycles. The second-order valence-electron chi connectivity index (χ2n) is 4.55. The minimum Gasteiger partial charge on any atom is -0.326 e. The van der Waals surface area contributed by atoms with Gasteiger partial charge in [0, 0.05) is 19.1 Å². The van der Waals surface area contributed by atoms with Crippen molar-refractivity contribution < 1.29 is 21.6 Å². The van der Waals surface area contributed by atoms with Gasteiger partial charge >= 0.3 is 6.18 Å². The summed E-state index contributed by atoms with van der Waals surface area (Å²) in [4.78, 5) is -0.539. The second-order valence-corrected chi connectivity index (χ2v) is 6.87. The maximum atomic E-state index is 12.7. The molecule has 0 spiro atoms. The predicted molar refractivity (Wildman–Crippen MR) is 67.8 cm³/mol. The van der Waals surface area contributed by atoms with Gasteiger partial charge in [0.15, 0.2) is 0 Å². The summed E-state index contributed by atoms with van der Waals surface area (Å²) in [6.45, 7) is 0.255. The Morgan fingerprint density at radius 2 is 2.00 bits per heavy atom. The van der Waals surface area contributed by atoms with Crippen LogP contribution in [0.25, 0.3) is 0 Å². The van der Waals surface area contributed by atoms with Crippen molar-refractivity contribution in [2.45, 2.75) is 23.5 Å². The second kappa shape index (κ2) is 5.18. The molecular weight excluding hydrogens is 317 g/mol. The van der Waals surface area contributed by atoms with Gasteiger partial charge in [0.2, 0.25) is 10.0 Å². The van der Waals surface area contributed by atoms with Gasteiger partial charge in [-0.1, -0.05) is 11.6 Å². The largest absolute Gasteiger partial charge is 0.416 e. The van der Waals surface area contributed by atoms with Crippen molar-refractivity contribution in [2.75, 3.05) is 13.1 Å². The maximum Gasteiger partial charge on any atom is 0.416 e. The van der Waals surface area contributed by atoms with Crippen molar-refractivity contribution in [2.24, 2.45) is 5.73 Å². The van der Waals surface area contributed by atoms with E-state index in [0.717, 1.165) is 16.4 Å². The minimum absolute atomic E-state index is 0.0783. The molecule has 1 aromatic carbocycles. The zero-order valence-corrected chi connectivity index (χ0v) is 11.8. The number of hydrogen-bond donors (Lipinski definition) is 1. The Labute approximate surface area is 119 Å². The fraction of sp³-hybridized carbons (Fsp3) is 0.455. The Hall–Kier alpha value is -0.830. The van der Waals surface area contributed by atoms with Crippen LogP contribution in [0.2, 0.25) is 5.02 Å². The average Bonchev–Trinajstić information content (AvgIpc) is 2.75. The highest BCUT2D eigenvalue weighted by atomic mass is 35.5. The normalized spacial score (nSPS) is 21.4. The third-order valence-corrected chi connectivity index (χ3v) is 5.41. The van der Waals surface area contributed by atoms with Crippen LogP contribution >= 0.6 is 11.6 Å². The molecule has 1 aromatic rings. The Balaban J connectivity index is 2.46. The lowest BCUT2D eigenvalue weighted by Crippen LogP contribution is -2.32. The molecule has 1 aliphatic rings. The lowest BCUT2D eigenvalue weighted by molar-refractivity contribution is -0.137. The molecule has 112 valence electrons. The van der Waals surface area contributed by atoms with Gasteiger partial charge in [-0.25, -0.2) is 8.42 Å². The quantitative estimate of drug-likeness (QED) is 0.904. The Kier molecular flexibility index (Phi) is 4.03. The van der Waals surface area contributed by atoms with Crippen LogP contribution < -0.4 is 5.73 Å². The molecule has 0 amide bonds. The smallest absolute Gasteiger partial charge is 0.326 e. The topological polar surface area (TPSA) is 63.4 Å². The van der Waals surface area contributed by atoms with E-state index in [1.165, 1.54) is 0 Å². The molecule has 1 aliphatic heterocycles. The van der Waals surface area contributed by atoms with Gasteiger partial charge < -0.3 is 5.73 Å². The van der Waals surface area contributed by atoms with Gasteiger partial charge in [-0.2, -0.15) is 17.5 Å². The molecular formula is C11H12ClF3N2O2S. The summed E-state index contributed by atoms with van der Waals surface area (Å²) in [5.74, 6) is 0. The molecule has 1 atom stereocenters. The van der Waals surface area contributed by atoms with Crippen molar-refractivity contribution in [3.05, 3.63) is 28.8 Å². The first-order valence-electron chi connectivity index (χ1n) is 5.75. The van der Waals surface area contributed by atoms with Crippen molar-refractivity contribution in [3.8, 4) is 0 Å². The zero-order valence-electron chi connectivity index (χ0n) is 10.2. The molecule has 1 saturated heterocycles. The SMILES string of the molecule is N[C@@H]1CCN(S(=O)(=O)c2cc(C(F)(F)F)ccc2Cl)C1. The van der Waals surface area contributed by atoms with Crippen LogP contribution in [-0.2, 0) is 16.2 Å². The lowest BCUT2D eigenvalue weighted by atomic mass is 10.2. The number of alkyl halides is 3. The highest BCUT2D eigenvalue weighted by Crippen LogP contribution is 2.34. The molecule has 0 radical (unpaired) electrons. The van der Waals surface area contributed by atoms with Crippen LogP contribution in [0.4, 0.5) is 13.2 Å². The standard InChI is InChI=1S/C11H12ClF3N2O2S/c12-9-2-1-7(11(13,14)15)5-10(9)20(18,19)17-4-3-8(16)6-17/h1-2,5,8H,3-4,6,16H2/t8-/m1/s1. The maximum absolute atomic E-state index is 12.7. The molecule has 0 unspecified atom stereocenters. The van der Waals surface area contributed by atoms with E-state index in [0.29, 0.717) is 12.5 Å². The number of hydrogen-bond acceptors (Lipinski definition) is 3. The van der Waals surface area contributed by atoms with E-state index in [4.69, 9.17) is 17.3 Å². The van der Waals surface area contributed by atoms with Gasteiger partial charge in [0.05, 0.1) is 10.6 Å². The lowest BCUT2D eigenvalue weighted by Gasteiger charge is -2.18. The molecule has 0 aliphatic carbocycles. The highest BCUT2D eigenvalue weighted by molar-refractivity contribution is 7.89. The van der Waals surface area contributed by atoms with E-state index >= 15 is 0 Å². The van der Waals surface area contributed by atoms with Gasteiger partial charge in [-0.3, -0.25) is 0 Å². The number of halogens is 4. The zero-order chi connectivity index (χ0) is 15.1. The summed E-state index contributed by atoms with van der Waals surface area (Å²) in [7, 11) is -4.06. The van der Waals surface area contributed by atoms with Crippen LogP contribution in [0, 0.1) is 0 Å². The summed E-state index contributed by atoms with van der Waals surface area (Å²) < 4.78 is 63.6. The third kappa shape index (κ3) is 2.93. The van der Waals surface area contributed by atoms with Crippen molar-refractivity contribution >= 4 is 21.6 Å². The number of nitrogens with zero attached hydrogens (tertiary/aromatic N) is 1. The predicted octanol–water partition coefficient (Wildman–Crippen LogP) is 2.08. The average molecular weight is 329 g/mol.